The van der Waals surface area contributed by atoms with Gasteiger partial charge in [0.25, 0.3) is 0 Å². The largest absolute Gasteiger partial charge is 0.461 e. The summed E-state index contributed by atoms with van der Waals surface area (Å²) >= 11 is 0. The van der Waals surface area contributed by atoms with Gasteiger partial charge in [0.05, 0.1) is 17.5 Å². The van der Waals surface area contributed by atoms with Gasteiger partial charge in [-0.1, -0.05) is 31.2 Å². The molecule has 35 heavy (non-hydrogen) atoms. The second kappa shape index (κ2) is 14.0. The minimum atomic E-state index is -4.41. The lowest BCUT2D eigenvalue weighted by Crippen LogP contribution is -2.10. The lowest BCUT2D eigenvalue weighted by molar-refractivity contribution is -0.136. The van der Waals surface area contributed by atoms with Crippen molar-refractivity contribution in [1.82, 2.24) is 5.32 Å². The summed E-state index contributed by atoms with van der Waals surface area (Å²) < 4.78 is 48.4. The molecule has 2 aromatic carbocycles. The van der Waals surface area contributed by atoms with Gasteiger partial charge in [0.15, 0.2) is 11.5 Å². The molecule has 2 heterocycles. The third-order valence-electron chi connectivity index (χ3n) is 4.88. The zero-order valence-corrected chi connectivity index (χ0v) is 19.6. The molecular weight excluding hydrogens is 461 g/mol. The van der Waals surface area contributed by atoms with Crippen LogP contribution in [0.3, 0.4) is 0 Å². The van der Waals surface area contributed by atoms with E-state index in [0.29, 0.717) is 24.4 Å². The molecule has 1 unspecified atom stereocenters. The first-order valence-electron chi connectivity index (χ1n) is 11.0. The summed E-state index contributed by atoms with van der Waals surface area (Å²) in [5, 5.41) is 5.27. The number of anilines is 2. The summed E-state index contributed by atoms with van der Waals surface area (Å²) in [4.78, 5) is 20.6. The number of nitrogens with one attached hydrogen (secondary N) is 2. The van der Waals surface area contributed by atoms with Gasteiger partial charge in [0.2, 0.25) is 6.41 Å². The van der Waals surface area contributed by atoms with Gasteiger partial charge in [-0.05, 0) is 54.3 Å². The van der Waals surface area contributed by atoms with Crippen molar-refractivity contribution in [1.29, 1.82) is 0 Å². The summed E-state index contributed by atoms with van der Waals surface area (Å²) in [6.45, 7) is 6.04. The van der Waals surface area contributed by atoms with Gasteiger partial charge in [-0.25, -0.2) is 0 Å². The third-order valence-corrected chi connectivity index (χ3v) is 4.88. The second-order valence-corrected chi connectivity index (χ2v) is 7.87. The molecule has 188 valence electrons. The van der Waals surface area contributed by atoms with E-state index in [9.17, 15) is 22.8 Å². The molecule has 1 aliphatic heterocycles. The Kier molecular flexibility index (Phi) is 11.0. The number of carbonyl (C=O) groups excluding carboxylic acids is 2. The van der Waals surface area contributed by atoms with E-state index in [4.69, 9.17) is 9.15 Å². The first-order valence-corrected chi connectivity index (χ1v) is 11.0. The number of carbonyl (C=O) groups is 2. The summed E-state index contributed by atoms with van der Waals surface area (Å²) in [6.07, 6.45) is -1.07. The highest BCUT2D eigenvalue weighted by atomic mass is 19.4. The zero-order valence-electron chi connectivity index (χ0n) is 19.6. The minimum absolute atomic E-state index is 0.00349. The van der Waals surface area contributed by atoms with Crippen molar-refractivity contribution in [2.75, 3.05) is 18.5 Å². The number of Topliss-reactive ketones (excluding diaryl/α,β-unsaturated/α-hetero) is 1. The summed E-state index contributed by atoms with van der Waals surface area (Å²) in [7, 11) is 0. The van der Waals surface area contributed by atoms with Crippen molar-refractivity contribution in [2.45, 2.75) is 33.0 Å². The standard InChI is InChI=1S/C15H13F3N2O.C6H6O2.C5H10O/c16-15(17,18)13-3-1-2-4-14(13)20-12-7-5-11(6-8-12)9-19-10-21;1-5(7)6-3-2-4-8-6;1-5-2-3-6-4-5/h1-8,10,20H,9H2,(H,19,21);2-4H,1H3;5H,2-4H2,1H3. The van der Waals surface area contributed by atoms with Gasteiger partial charge in [0, 0.05) is 32.4 Å². The Labute approximate surface area is 202 Å². The number of ketones is 1. The molecule has 1 amide bonds. The number of furan rings is 1. The molecule has 0 spiro atoms. The van der Waals surface area contributed by atoms with E-state index in [0.717, 1.165) is 30.8 Å². The van der Waals surface area contributed by atoms with Crippen LogP contribution in [0.15, 0.2) is 71.3 Å². The van der Waals surface area contributed by atoms with E-state index in [1.165, 1.54) is 31.7 Å². The Morgan fingerprint density at radius 1 is 1.09 bits per heavy atom. The van der Waals surface area contributed by atoms with Crippen LogP contribution in [0, 0.1) is 5.92 Å². The molecule has 1 saturated heterocycles. The quantitative estimate of drug-likeness (QED) is 0.317. The number of rotatable bonds is 6. The van der Waals surface area contributed by atoms with E-state index >= 15 is 0 Å². The molecule has 0 bridgehead atoms. The highest BCUT2D eigenvalue weighted by Crippen LogP contribution is 2.35. The van der Waals surface area contributed by atoms with Crippen LogP contribution >= 0.6 is 0 Å². The maximum absolute atomic E-state index is 12.9. The first kappa shape index (κ1) is 27.7. The van der Waals surface area contributed by atoms with E-state index < -0.39 is 11.7 Å². The maximum Gasteiger partial charge on any atom is 0.418 e. The fourth-order valence-electron chi connectivity index (χ4n) is 2.99. The van der Waals surface area contributed by atoms with Gasteiger partial charge < -0.3 is 19.8 Å². The topological polar surface area (TPSA) is 80.6 Å². The molecule has 9 heteroatoms. The smallest absolute Gasteiger partial charge is 0.418 e. The Bertz CT molecular complexity index is 1030. The van der Waals surface area contributed by atoms with Crippen LogP contribution in [0.25, 0.3) is 0 Å². The molecule has 6 nitrogen and oxygen atoms in total. The normalized spacial score (nSPS) is 14.6. The summed E-state index contributed by atoms with van der Waals surface area (Å²) in [5.41, 5.74) is 0.693. The SMILES string of the molecule is CC(=O)c1ccco1.CC1CCOC1.O=CNCc1ccc(Nc2ccccc2C(F)(F)F)cc1. The molecule has 2 N–H and O–H groups in total. The Morgan fingerprint density at radius 3 is 2.26 bits per heavy atom. The fraction of sp³-hybridized carbons (Fsp3) is 0.308. The van der Waals surface area contributed by atoms with Gasteiger partial charge in [-0.15, -0.1) is 0 Å². The third kappa shape index (κ3) is 10.1. The minimum Gasteiger partial charge on any atom is -0.461 e. The molecule has 3 aromatic rings. The van der Waals surface area contributed by atoms with Crippen LogP contribution in [0.4, 0.5) is 24.5 Å². The van der Waals surface area contributed by atoms with Crippen molar-refractivity contribution >= 4 is 23.6 Å². The molecule has 1 aromatic heterocycles. The number of halogens is 3. The van der Waals surface area contributed by atoms with Gasteiger partial charge in [-0.2, -0.15) is 13.2 Å². The molecule has 0 aliphatic carbocycles. The van der Waals surface area contributed by atoms with Crippen LogP contribution in [-0.2, 0) is 22.3 Å². The molecule has 1 aliphatic rings. The van der Waals surface area contributed by atoms with Gasteiger partial charge in [0.1, 0.15) is 0 Å². The second-order valence-electron chi connectivity index (χ2n) is 7.87. The highest BCUT2D eigenvalue weighted by Gasteiger charge is 2.33. The van der Waals surface area contributed by atoms with E-state index in [-0.39, 0.29) is 11.5 Å². The first-order chi connectivity index (χ1) is 16.7. The van der Waals surface area contributed by atoms with Crippen LogP contribution in [0.2, 0.25) is 0 Å². The molecular formula is C26H29F3N2O4. The average molecular weight is 491 g/mol. The predicted molar refractivity (Wildman–Crippen MR) is 127 cm³/mol. The molecule has 1 fully saturated rings. The fourth-order valence-corrected chi connectivity index (χ4v) is 2.99. The number of hydrogen-bond acceptors (Lipinski definition) is 5. The summed E-state index contributed by atoms with van der Waals surface area (Å²) in [6, 6.07) is 15.4. The number of amides is 1. The van der Waals surface area contributed by atoms with Gasteiger partial charge in [-0.3, -0.25) is 9.59 Å². The highest BCUT2D eigenvalue weighted by molar-refractivity contribution is 5.91. The van der Waals surface area contributed by atoms with Crippen molar-refractivity contribution in [3.05, 3.63) is 83.8 Å². The Balaban J connectivity index is 0.000000249. The van der Waals surface area contributed by atoms with Crippen LogP contribution < -0.4 is 10.6 Å². The molecule has 0 radical (unpaired) electrons. The number of alkyl halides is 3. The van der Waals surface area contributed by atoms with Gasteiger partial charge >= 0.3 is 6.18 Å². The van der Waals surface area contributed by atoms with E-state index in [2.05, 4.69) is 17.6 Å². The van der Waals surface area contributed by atoms with E-state index in [1.807, 2.05) is 0 Å². The maximum atomic E-state index is 12.9. The summed E-state index contributed by atoms with van der Waals surface area (Å²) in [5.74, 6) is 1.21. The molecule has 4 rings (SSSR count). The number of ether oxygens (including phenoxy) is 1. The van der Waals surface area contributed by atoms with E-state index in [1.54, 1.807) is 42.5 Å². The van der Waals surface area contributed by atoms with Crippen LogP contribution in [-0.4, -0.2) is 25.4 Å². The number of hydrogen-bond donors (Lipinski definition) is 2. The van der Waals surface area contributed by atoms with Crippen LogP contribution in [0.5, 0.6) is 0 Å². The van der Waals surface area contributed by atoms with Crippen molar-refractivity contribution in [3.8, 4) is 0 Å². The van der Waals surface area contributed by atoms with Crippen molar-refractivity contribution in [2.24, 2.45) is 5.92 Å². The average Bonchev–Trinajstić information content (AvgIpc) is 3.54. The Hall–Kier alpha value is -3.59. The zero-order chi connectivity index (χ0) is 25.7. The lowest BCUT2D eigenvalue weighted by atomic mass is 10.1. The van der Waals surface area contributed by atoms with Crippen molar-refractivity contribution in [3.63, 3.8) is 0 Å². The molecule has 1 atom stereocenters. The number of para-hydroxylation sites is 1. The monoisotopic (exact) mass is 490 g/mol. The number of benzene rings is 2. The Morgan fingerprint density at radius 2 is 1.80 bits per heavy atom. The lowest BCUT2D eigenvalue weighted by Gasteiger charge is -2.14. The molecule has 0 saturated carbocycles. The predicted octanol–water partition coefficient (Wildman–Crippen LogP) is 6.22. The van der Waals surface area contributed by atoms with Crippen molar-refractivity contribution < 1.29 is 31.9 Å². The van der Waals surface area contributed by atoms with Crippen LogP contribution in [0.1, 0.15) is 41.9 Å².